The average Bonchev–Trinajstić information content (AvgIpc) is 2.38. The Morgan fingerprint density at radius 2 is 1.89 bits per heavy atom. The molecule has 7 heteroatoms. The predicted molar refractivity (Wildman–Crippen MR) is 69.7 cm³/mol. The van der Waals surface area contributed by atoms with E-state index in [1.165, 1.54) is 12.1 Å². The van der Waals surface area contributed by atoms with Gasteiger partial charge in [-0.25, -0.2) is 4.79 Å². The summed E-state index contributed by atoms with van der Waals surface area (Å²) in [6.45, 7) is 0. The molecular formula is C12H12BrNO5. The molecule has 0 bridgehead atoms. The monoisotopic (exact) mass is 329 g/mol. The van der Waals surface area contributed by atoms with Gasteiger partial charge >= 0.3 is 11.9 Å². The van der Waals surface area contributed by atoms with Crippen molar-refractivity contribution in [3.63, 3.8) is 0 Å². The van der Waals surface area contributed by atoms with Crippen molar-refractivity contribution in [2.75, 3.05) is 7.11 Å². The van der Waals surface area contributed by atoms with Gasteiger partial charge in [-0.1, -0.05) is 15.9 Å². The number of carboxylic acid groups (broad SMARTS) is 1. The Morgan fingerprint density at radius 1 is 1.32 bits per heavy atom. The number of hydrogen-bond donors (Lipinski definition) is 2. The number of carbonyl (C=O) groups excluding carboxylic acids is 2. The summed E-state index contributed by atoms with van der Waals surface area (Å²) in [5, 5.41) is 11.2. The Labute approximate surface area is 117 Å². The number of methoxy groups -OCH3 is 1. The van der Waals surface area contributed by atoms with E-state index in [0.29, 0.717) is 5.56 Å². The van der Waals surface area contributed by atoms with Crippen LogP contribution in [0.25, 0.3) is 0 Å². The highest BCUT2D eigenvalue weighted by molar-refractivity contribution is 9.10. The number of ether oxygens (including phenoxy) is 1. The highest BCUT2D eigenvalue weighted by atomic mass is 79.9. The van der Waals surface area contributed by atoms with E-state index in [1.54, 1.807) is 12.1 Å². The largest absolute Gasteiger partial charge is 0.480 e. The average molecular weight is 330 g/mol. The number of carboxylic acids is 1. The molecule has 1 atom stereocenters. The zero-order chi connectivity index (χ0) is 14.4. The van der Waals surface area contributed by atoms with Crippen LogP contribution in [-0.2, 0) is 14.3 Å². The lowest BCUT2D eigenvalue weighted by molar-refractivity contribution is -0.147. The quantitative estimate of drug-likeness (QED) is 0.792. The summed E-state index contributed by atoms with van der Waals surface area (Å²) in [5.41, 5.74) is 0.305. The Kier molecular flexibility index (Phi) is 5.50. The molecule has 0 aromatic heterocycles. The molecule has 0 aliphatic rings. The number of benzene rings is 1. The molecule has 1 amide bonds. The molecule has 1 rings (SSSR count). The second-order valence-electron chi connectivity index (χ2n) is 3.65. The summed E-state index contributed by atoms with van der Waals surface area (Å²) in [6.07, 6.45) is -0.423. The Hall–Kier alpha value is -1.89. The fourth-order valence-electron chi connectivity index (χ4n) is 1.29. The summed E-state index contributed by atoms with van der Waals surface area (Å²) in [4.78, 5) is 33.8. The van der Waals surface area contributed by atoms with E-state index in [0.717, 1.165) is 11.6 Å². The number of hydrogen-bond acceptors (Lipinski definition) is 4. The van der Waals surface area contributed by atoms with Crippen LogP contribution in [-0.4, -0.2) is 36.1 Å². The van der Waals surface area contributed by atoms with Crippen molar-refractivity contribution < 1.29 is 24.2 Å². The van der Waals surface area contributed by atoms with Crippen molar-refractivity contribution in [2.24, 2.45) is 0 Å². The molecule has 0 heterocycles. The van der Waals surface area contributed by atoms with E-state index in [4.69, 9.17) is 5.11 Å². The number of rotatable bonds is 5. The van der Waals surface area contributed by atoms with Crippen LogP contribution in [0.1, 0.15) is 16.8 Å². The summed E-state index contributed by atoms with van der Waals surface area (Å²) in [6, 6.07) is 5.08. The summed E-state index contributed by atoms with van der Waals surface area (Å²) in [5.74, 6) is -2.57. The van der Waals surface area contributed by atoms with Crippen LogP contribution in [0.5, 0.6) is 0 Å². The third-order valence-corrected chi connectivity index (χ3v) is 2.84. The smallest absolute Gasteiger partial charge is 0.326 e. The maximum absolute atomic E-state index is 11.8. The number of halogens is 1. The van der Waals surface area contributed by atoms with Gasteiger partial charge in [0.1, 0.15) is 6.04 Å². The van der Waals surface area contributed by atoms with Gasteiger partial charge < -0.3 is 15.2 Å². The molecule has 0 radical (unpaired) electrons. The first-order chi connectivity index (χ1) is 8.93. The standard InChI is InChI=1S/C12H12BrNO5/c1-19-10(15)6-9(12(17)18)14-11(16)7-2-4-8(13)5-3-7/h2-5,9H,6H2,1H3,(H,14,16)(H,17,18). The van der Waals surface area contributed by atoms with Crippen molar-refractivity contribution >= 4 is 33.8 Å². The molecule has 6 nitrogen and oxygen atoms in total. The highest BCUT2D eigenvalue weighted by Crippen LogP contribution is 2.10. The fourth-order valence-corrected chi connectivity index (χ4v) is 1.56. The lowest BCUT2D eigenvalue weighted by Gasteiger charge is -2.13. The third kappa shape index (κ3) is 4.70. The normalized spacial score (nSPS) is 11.5. The van der Waals surface area contributed by atoms with Crippen LogP contribution in [0.3, 0.4) is 0 Å². The van der Waals surface area contributed by atoms with Gasteiger partial charge in [0.15, 0.2) is 0 Å². The van der Waals surface area contributed by atoms with Gasteiger partial charge in [-0.2, -0.15) is 0 Å². The number of esters is 1. The summed E-state index contributed by atoms with van der Waals surface area (Å²) in [7, 11) is 1.15. The molecular weight excluding hydrogens is 318 g/mol. The number of nitrogens with one attached hydrogen (secondary N) is 1. The summed E-state index contributed by atoms with van der Waals surface area (Å²) >= 11 is 3.22. The molecule has 0 spiro atoms. The van der Waals surface area contributed by atoms with Gasteiger partial charge in [-0.3, -0.25) is 9.59 Å². The first kappa shape index (κ1) is 15.2. The molecule has 2 N–H and O–H groups in total. The molecule has 0 fully saturated rings. The van der Waals surface area contributed by atoms with Gasteiger partial charge in [0.05, 0.1) is 13.5 Å². The molecule has 102 valence electrons. The van der Waals surface area contributed by atoms with Crippen LogP contribution >= 0.6 is 15.9 Å². The maximum atomic E-state index is 11.8. The molecule has 19 heavy (non-hydrogen) atoms. The Balaban J connectivity index is 2.73. The number of aliphatic carboxylic acids is 1. The topological polar surface area (TPSA) is 92.7 Å². The van der Waals surface area contributed by atoms with Crippen LogP contribution in [0.15, 0.2) is 28.7 Å². The first-order valence-electron chi connectivity index (χ1n) is 5.30. The lowest BCUT2D eigenvalue weighted by Crippen LogP contribution is -2.42. The van der Waals surface area contributed by atoms with Crippen LogP contribution < -0.4 is 5.32 Å². The molecule has 0 saturated carbocycles. The second-order valence-corrected chi connectivity index (χ2v) is 4.57. The third-order valence-electron chi connectivity index (χ3n) is 2.31. The SMILES string of the molecule is COC(=O)CC(NC(=O)c1ccc(Br)cc1)C(=O)O. The van der Waals surface area contributed by atoms with Gasteiger partial charge in [0.25, 0.3) is 5.91 Å². The zero-order valence-electron chi connectivity index (χ0n) is 10.1. The van der Waals surface area contributed by atoms with Crippen molar-refractivity contribution in [1.82, 2.24) is 5.32 Å². The van der Waals surface area contributed by atoms with Gasteiger partial charge in [-0.15, -0.1) is 0 Å². The first-order valence-corrected chi connectivity index (χ1v) is 6.09. The summed E-state index contributed by atoms with van der Waals surface area (Å²) < 4.78 is 5.17. The van der Waals surface area contributed by atoms with Crippen LogP contribution in [0.4, 0.5) is 0 Å². The van der Waals surface area contributed by atoms with E-state index in [9.17, 15) is 14.4 Å². The van der Waals surface area contributed by atoms with Gasteiger partial charge in [-0.05, 0) is 24.3 Å². The zero-order valence-corrected chi connectivity index (χ0v) is 11.6. The minimum atomic E-state index is -1.32. The van der Waals surface area contributed by atoms with Crippen LogP contribution in [0, 0.1) is 0 Å². The minimum absolute atomic E-state index is 0.305. The Bertz CT molecular complexity index is 485. The van der Waals surface area contributed by atoms with E-state index in [-0.39, 0.29) is 0 Å². The predicted octanol–water partition coefficient (Wildman–Crippen LogP) is 1.20. The molecule has 1 aromatic rings. The number of amides is 1. The molecule has 0 aliphatic heterocycles. The lowest BCUT2D eigenvalue weighted by atomic mass is 10.1. The second kappa shape index (κ2) is 6.89. The molecule has 1 aromatic carbocycles. The van der Waals surface area contributed by atoms with E-state index in [2.05, 4.69) is 26.0 Å². The van der Waals surface area contributed by atoms with Crippen molar-refractivity contribution in [3.05, 3.63) is 34.3 Å². The highest BCUT2D eigenvalue weighted by Gasteiger charge is 2.24. The molecule has 0 saturated heterocycles. The van der Waals surface area contributed by atoms with Crippen LogP contribution in [0.2, 0.25) is 0 Å². The van der Waals surface area contributed by atoms with Crippen molar-refractivity contribution in [3.8, 4) is 0 Å². The minimum Gasteiger partial charge on any atom is -0.480 e. The number of carbonyl (C=O) groups is 3. The van der Waals surface area contributed by atoms with E-state index < -0.39 is 30.3 Å². The maximum Gasteiger partial charge on any atom is 0.326 e. The molecule has 0 aliphatic carbocycles. The van der Waals surface area contributed by atoms with Gasteiger partial charge in [0, 0.05) is 10.0 Å². The fraction of sp³-hybridized carbons (Fsp3) is 0.250. The van der Waals surface area contributed by atoms with Crippen molar-refractivity contribution in [2.45, 2.75) is 12.5 Å². The van der Waals surface area contributed by atoms with E-state index >= 15 is 0 Å². The van der Waals surface area contributed by atoms with E-state index in [1.807, 2.05) is 0 Å². The Morgan fingerprint density at radius 3 is 2.37 bits per heavy atom. The van der Waals surface area contributed by atoms with Gasteiger partial charge in [0.2, 0.25) is 0 Å². The molecule has 1 unspecified atom stereocenters. The van der Waals surface area contributed by atoms with Crippen molar-refractivity contribution in [1.29, 1.82) is 0 Å².